The van der Waals surface area contributed by atoms with Gasteiger partial charge in [0.1, 0.15) is 0 Å². The smallest absolute Gasteiger partial charge is 0.0678 e. The summed E-state index contributed by atoms with van der Waals surface area (Å²) in [4.78, 5) is 2.37. The van der Waals surface area contributed by atoms with Gasteiger partial charge >= 0.3 is 0 Å². The average molecular weight is 250 g/mol. The van der Waals surface area contributed by atoms with Gasteiger partial charge in [0, 0.05) is 25.7 Å². The minimum atomic E-state index is -0.435. The number of nitrogens with zero attached hydrogens (tertiary/aromatic N) is 1. The van der Waals surface area contributed by atoms with Gasteiger partial charge in [-0.3, -0.25) is 4.90 Å². The molecule has 1 aliphatic heterocycles. The summed E-state index contributed by atoms with van der Waals surface area (Å²) in [5.74, 6) is 0. The van der Waals surface area contributed by atoms with Crippen LogP contribution >= 0.6 is 0 Å². The molecule has 3 N–H and O–H groups in total. The zero-order chi connectivity index (χ0) is 12.8. The summed E-state index contributed by atoms with van der Waals surface area (Å²) in [6.45, 7) is 3.59. The molecule has 1 saturated heterocycles. The lowest BCUT2D eigenvalue weighted by molar-refractivity contribution is -0.0285. The zero-order valence-electron chi connectivity index (χ0n) is 10.7. The Morgan fingerprint density at radius 3 is 2.89 bits per heavy atom. The lowest BCUT2D eigenvalue weighted by Crippen LogP contribution is -2.47. The molecule has 1 aromatic carbocycles. The van der Waals surface area contributed by atoms with Crippen LogP contribution in [0.15, 0.2) is 30.3 Å². The summed E-state index contributed by atoms with van der Waals surface area (Å²) in [6, 6.07) is 10.7. The average Bonchev–Trinajstić information content (AvgIpc) is 2.42. The van der Waals surface area contributed by atoms with Crippen molar-refractivity contribution < 1.29 is 9.84 Å². The molecule has 0 radical (unpaired) electrons. The highest BCUT2D eigenvalue weighted by molar-refractivity contribution is 5.14. The molecule has 0 aromatic heterocycles. The summed E-state index contributed by atoms with van der Waals surface area (Å²) >= 11 is 0. The number of benzene rings is 1. The van der Waals surface area contributed by atoms with Crippen molar-refractivity contribution in [2.24, 2.45) is 5.73 Å². The van der Waals surface area contributed by atoms with Crippen LogP contribution in [0.25, 0.3) is 0 Å². The van der Waals surface area contributed by atoms with Gasteiger partial charge in [0.05, 0.1) is 19.3 Å². The van der Waals surface area contributed by atoms with Gasteiger partial charge < -0.3 is 15.6 Å². The molecule has 1 fully saturated rings. The number of aliphatic hydroxyl groups is 1. The summed E-state index contributed by atoms with van der Waals surface area (Å²) in [6.07, 6.45) is 0.249. The van der Waals surface area contributed by atoms with Gasteiger partial charge in [-0.1, -0.05) is 30.3 Å². The largest absolute Gasteiger partial charge is 0.392 e. The molecule has 0 spiro atoms. The highest BCUT2D eigenvalue weighted by Crippen LogP contribution is 2.16. The molecule has 2 unspecified atom stereocenters. The van der Waals surface area contributed by atoms with Crippen LogP contribution in [0, 0.1) is 0 Å². The second-order valence-corrected chi connectivity index (χ2v) is 4.81. The van der Waals surface area contributed by atoms with E-state index < -0.39 is 6.10 Å². The molecule has 1 heterocycles. The maximum atomic E-state index is 9.69. The number of nitrogens with two attached hydrogens (primary N) is 1. The number of aliphatic hydroxyl groups excluding tert-OH is 1. The maximum Gasteiger partial charge on any atom is 0.0678 e. The van der Waals surface area contributed by atoms with E-state index in [2.05, 4.69) is 29.2 Å². The van der Waals surface area contributed by atoms with Gasteiger partial charge in [0.25, 0.3) is 0 Å². The van der Waals surface area contributed by atoms with Crippen LogP contribution < -0.4 is 5.73 Å². The van der Waals surface area contributed by atoms with Crippen LogP contribution in [0.2, 0.25) is 0 Å². The number of rotatable bonds is 5. The fraction of sp³-hybridized carbons (Fsp3) is 0.571. The monoisotopic (exact) mass is 250 g/mol. The SMILES string of the molecule is NCC(O)CC1COCCN1Cc1ccccc1. The molecule has 1 aliphatic rings. The van der Waals surface area contributed by atoms with Crippen LogP contribution in [-0.2, 0) is 11.3 Å². The van der Waals surface area contributed by atoms with Gasteiger partial charge in [-0.25, -0.2) is 0 Å². The highest BCUT2D eigenvalue weighted by Gasteiger charge is 2.24. The van der Waals surface area contributed by atoms with Gasteiger partial charge in [-0.2, -0.15) is 0 Å². The van der Waals surface area contributed by atoms with Crippen molar-refractivity contribution in [3.8, 4) is 0 Å². The Hall–Kier alpha value is -0.940. The van der Waals surface area contributed by atoms with Gasteiger partial charge in [0.2, 0.25) is 0 Å². The van der Waals surface area contributed by atoms with E-state index in [-0.39, 0.29) is 6.04 Å². The standard InChI is InChI=1S/C14H22N2O2/c15-9-14(17)8-13-11-18-7-6-16(13)10-12-4-2-1-3-5-12/h1-5,13-14,17H,6-11,15H2. The third kappa shape index (κ3) is 3.78. The molecule has 0 saturated carbocycles. The van der Waals surface area contributed by atoms with Gasteiger partial charge in [-0.05, 0) is 12.0 Å². The first-order chi connectivity index (χ1) is 8.79. The topological polar surface area (TPSA) is 58.7 Å². The van der Waals surface area contributed by atoms with E-state index in [0.717, 1.165) is 19.7 Å². The Balaban J connectivity index is 1.95. The van der Waals surface area contributed by atoms with E-state index in [1.54, 1.807) is 0 Å². The number of hydrogen-bond acceptors (Lipinski definition) is 4. The van der Waals surface area contributed by atoms with Crippen molar-refractivity contribution in [3.05, 3.63) is 35.9 Å². The van der Waals surface area contributed by atoms with Crippen LogP contribution in [0.3, 0.4) is 0 Å². The molecule has 2 rings (SSSR count). The van der Waals surface area contributed by atoms with Crippen molar-refractivity contribution in [2.45, 2.75) is 25.1 Å². The number of hydrogen-bond donors (Lipinski definition) is 2. The molecule has 18 heavy (non-hydrogen) atoms. The molecule has 1 aromatic rings. The van der Waals surface area contributed by atoms with Crippen LogP contribution in [-0.4, -0.2) is 48.5 Å². The second-order valence-electron chi connectivity index (χ2n) is 4.81. The van der Waals surface area contributed by atoms with Crippen molar-refractivity contribution >= 4 is 0 Å². The molecule has 2 atom stereocenters. The van der Waals surface area contributed by atoms with Crippen molar-refractivity contribution in [1.29, 1.82) is 0 Å². The molecule has 0 aliphatic carbocycles. The first kappa shape index (κ1) is 13.5. The van der Waals surface area contributed by atoms with E-state index in [1.807, 2.05) is 6.07 Å². The Bertz CT molecular complexity index is 345. The maximum absolute atomic E-state index is 9.69. The van der Waals surface area contributed by atoms with E-state index in [4.69, 9.17) is 10.5 Å². The third-order valence-corrected chi connectivity index (χ3v) is 3.39. The Morgan fingerprint density at radius 2 is 2.17 bits per heavy atom. The molecule has 4 heteroatoms. The zero-order valence-corrected chi connectivity index (χ0v) is 10.7. The Labute approximate surface area is 108 Å². The molecular formula is C14H22N2O2. The van der Waals surface area contributed by atoms with Crippen LogP contribution in [0.5, 0.6) is 0 Å². The highest BCUT2D eigenvalue weighted by atomic mass is 16.5. The van der Waals surface area contributed by atoms with Crippen LogP contribution in [0.1, 0.15) is 12.0 Å². The van der Waals surface area contributed by atoms with E-state index in [1.165, 1.54) is 5.56 Å². The molecule has 0 bridgehead atoms. The minimum absolute atomic E-state index is 0.262. The first-order valence-electron chi connectivity index (χ1n) is 6.53. The van der Waals surface area contributed by atoms with Crippen molar-refractivity contribution in [2.75, 3.05) is 26.3 Å². The van der Waals surface area contributed by atoms with Crippen molar-refractivity contribution in [1.82, 2.24) is 4.90 Å². The summed E-state index contributed by atoms with van der Waals surface area (Å²) in [5.41, 5.74) is 6.78. The van der Waals surface area contributed by atoms with Crippen LogP contribution in [0.4, 0.5) is 0 Å². The van der Waals surface area contributed by atoms with E-state index in [9.17, 15) is 5.11 Å². The normalized spacial score (nSPS) is 22.9. The fourth-order valence-corrected chi connectivity index (χ4v) is 2.34. The van der Waals surface area contributed by atoms with Crippen molar-refractivity contribution in [3.63, 3.8) is 0 Å². The summed E-state index contributed by atoms with van der Waals surface area (Å²) in [5, 5.41) is 9.69. The van der Waals surface area contributed by atoms with Gasteiger partial charge in [0.15, 0.2) is 0 Å². The predicted molar refractivity (Wildman–Crippen MR) is 71.1 cm³/mol. The summed E-state index contributed by atoms with van der Waals surface area (Å²) in [7, 11) is 0. The first-order valence-corrected chi connectivity index (χ1v) is 6.53. The second kappa shape index (κ2) is 6.85. The molecular weight excluding hydrogens is 228 g/mol. The third-order valence-electron chi connectivity index (χ3n) is 3.39. The van der Waals surface area contributed by atoms with E-state index in [0.29, 0.717) is 19.6 Å². The molecule has 100 valence electrons. The fourth-order valence-electron chi connectivity index (χ4n) is 2.34. The predicted octanol–water partition coefficient (Wildman–Crippen LogP) is 0.597. The number of ether oxygens (including phenoxy) is 1. The van der Waals surface area contributed by atoms with E-state index >= 15 is 0 Å². The lowest BCUT2D eigenvalue weighted by atomic mass is 10.1. The quantitative estimate of drug-likeness (QED) is 0.803. The molecule has 0 amide bonds. The Kier molecular flexibility index (Phi) is 5.13. The Morgan fingerprint density at radius 1 is 1.39 bits per heavy atom. The van der Waals surface area contributed by atoms with Gasteiger partial charge in [-0.15, -0.1) is 0 Å². The lowest BCUT2D eigenvalue weighted by Gasteiger charge is -2.36. The minimum Gasteiger partial charge on any atom is -0.392 e. The summed E-state index contributed by atoms with van der Waals surface area (Å²) < 4.78 is 5.50. The molecule has 4 nitrogen and oxygen atoms in total. The number of morpholine rings is 1.